The van der Waals surface area contributed by atoms with Crippen LogP contribution in [-0.4, -0.2) is 38.1 Å². The first-order valence-corrected chi connectivity index (χ1v) is 7.00. The summed E-state index contributed by atoms with van der Waals surface area (Å²) in [6, 6.07) is 5.87. The van der Waals surface area contributed by atoms with Crippen molar-refractivity contribution in [3.63, 3.8) is 0 Å². The van der Waals surface area contributed by atoms with E-state index in [-0.39, 0.29) is 11.8 Å². The molecule has 0 bridgehead atoms. The lowest BCUT2D eigenvalue weighted by molar-refractivity contribution is -0.126. The highest BCUT2D eigenvalue weighted by atomic mass is 16.5. The van der Waals surface area contributed by atoms with E-state index >= 15 is 0 Å². The number of benzene rings is 1. The number of nitrogens with two attached hydrogens (primary N) is 1. The second-order valence-electron chi connectivity index (χ2n) is 5.26. The van der Waals surface area contributed by atoms with Crippen LogP contribution in [0.4, 0.5) is 5.69 Å². The Bertz CT molecular complexity index is 476. The third kappa shape index (κ3) is 3.42. The van der Waals surface area contributed by atoms with Crippen LogP contribution in [0, 0.1) is 5.92 Å². The lowest BCUT2D eigenvalue weighted by Crippen LogP contribution is -2.41. The molecular weight excluding hydrogens is 254 g/mol. The molecule has 2 rings (SSSR count). The summed E-state index contributed by atoms with van der Waals surface area (Å²) in [5.74, 6) is 0.948. The highest BCUT2D eigenvalue weighted by Gasteiger charge is 2.24. The summed E-state index contributed by atoms with van der Waals surface area (Å²) in [6.07, 6.45) is 2.03. The lowest BCUT2D eigenvalue weighted by Gasteiger charge is -2.31. The Kier molecular flexibility index (Phi) is 4.84. The topological polar surface area (TPSA) is 67.6 Å². The fourth-order valence-electron chi connectivity index (χ4n) is 2.76. The summed E-state index contributed by atoms with van der Waals surface area (Å²) >= 11 is 0. The second kappa shape index (κ2) is 6.61. The van der Waals surface area contributed by atoms with E-state index in [9.17, 15) is 4.79 Å². The molecule has 0 aliphatic carbocycles. The van der Waals surface area contributed by atoms with Gasteiger partial charge in [0.2, 0.25) is 5.91 Å². The van der Waals surface area contributed by atoms with Crippen molar-refractivity contribution in [3.05, 3.63) is 23.8 Å². The van der Waals surface area contributed by atoms with Crippen molar-refractivity contribution in [1.82, 2.24) is 10.2 Å². The molecule has 5 nitrogen and oxygen atoms in total. The summed E-state index contributed by atoms with van der Waals surface area (Å²) in [4.78, 5) is 14.0. The number of piperidine rings is 1. The molecule has 0 aromatic heterocycles. The fraction of sp³-hybridized carbons (Fsp3) is 0.533. The van der Waals surface area contributed by atoms with Crippen LogP contribution >= 0.6 is 0 Å². The number of nitrogens with zero attached hydrogens (tertiary/aromatic N) is 1. The number of ether oxygens (including phenoxy) is 1. The molecule has 20 heavy (non-hydrogen) atoms. The third-order valence-electron chi connectivity index (χ3n) is 3.82. The molecule has 0 radical (unpaired) electrons. The molecule has 0 saturated carbocycles. The van der Waals surface area contributed by atoms with E-state index in [0.717, 1.165) is 38.0 Å². The number of nitrogens with one attached hydrogen (secondary N) is 1. The average molecular weight is 277 g/mol. The van der Waals surface area contributed by atoms with Gasteiger partial charge in [0.15, 0.2) is 0 Å². The van der Waals surface area contributed by atoms with E-state index in [4.69, 9.17) is 10.5 Å². The molecule has 1 aromatic carbocycles. The van der Waals surface area contributed by atoms with Gasteiger partial charge in [0, 0.05) is 20.1 Å². The van der Waals surface area contributed by atoms with E-state index in [1.165, 1.54) is 0 Å². The number of anilines is 1. The maximum absolute atomic E-state index is 11.7. The molecule has 3 N–H and O–H groups in total. The molecule has 5 heteroatoms. The first-order valence-electron chi connectivity index (χ1n) is 7.00. The highest BCUT2D eigenvalue weighted by molar-refractivity contribution is 5.78. The minimum Gasteiger partial charge on any atom is -0.495 e. The summed E-state index contributed by atoms with van der Waals surface area (Å²) in [5.41, 5.74) is 7.74. The van der Waals surface area contributed by atoms with Gasteiger partial charge in [0.05, 0.1) is 18.7 Å². The van der Waals surface area contributed by atoms with Crippen molar-refractivity contribution >= 4 is 11.6 Å². The van der Waals surface area contributed by atoms with Gasteiger partial charge in [-0.25, -0.2) is 0 Å². The monoisotopic (exact) mass is 277 g/mol. The van der Waals surface area contributed by atoms with Crippen LogP contribution in [0.15, 0.2) is 18.2 Å². The van der Waals surface area contributed by atoms with Crippen LogP contribution in [-0.2, 0) is 11.3 Å². The normalized spacial score (nSPS) is 19.6. The Morgan fingerprint density at radius 2 is 2.35 bits per heavy atom. The summed E-state index contributed by atoms with van der Waals surface area (Å²) in [7, 11) is 3.31. The van der Waals surface area contributed by atoms with Crippen LogP contribution in [0.25, 0.3) is 0 Å². The molecular formula is C15H23N3O2. The van der Waals surface area contributed by atoms with Crippen LogP contribution in [0.1, 0.15) is 18.4 Å². The molecule has 0 spiro atoms. The van der Waals surface area contributed by atoms with Crippen molar-refractivity contribution in [3.8, 4) is 5.75 Å². The minimum atomic E-state index is 0.101. The zero-order valence-corrected chi connectivity index (χ0v) is 12.2. The van der Waals surface area contributed by atoms with E-state index in [0.29, 0.717) is 11.4 Å². The molecule has 1 unspecified atom stereocenters. The Balaban J connectivity index is 1.99. The van der Waals surface area contributed by atoms with Crippen molar-refractivity contribution in [2.45, 2.75) is 19.4 Å². The van der Waals surface area contributed by atoms with Gasteiger partial charge < -0.3 is 15.8 Å². The maximum atomic E-state index is 11.7. The zero-order chi connectivity index (χ0) is 14.5. The number of nitrogen functional groups attached to an aromatic ring is 1. The standard InChI is InChI=1S/C15H23N3O2/c1-17-15(19)12-4-3-7-18(10-12)9-11-5-6-14(20-2)13(16)8-11/h5-6,8,12H,3-4,7,9-10,16H2,1-2H3,(H,17,19). The highest BCUT2D eigenvalue weighted by Crippen LogP contribution is 2.24. The second-order valence-corrected chi connectivity index (χ2v) is 5.26. The number of amides is 1. The Hall–Kier alpha value is -1.75. The van der Waals surface area contributed by atoms with Crippen molar-refractivity contribution in [1.29, 1.82) is 0 Å². The smallest absolute Gasteiger partial charge is 0.224 e. The van der Waals surface area contributed by atoms with Gasteiger partial charge in [-0.3, -0.25) is 9.69 Å². The van der Waals surface area contributed by atoms with Gasteiger partial charge in [0.25, 0.3) is 0 Å². The molecule has 1 fully saturated rings. The third-order valence-corrected chi connectivity index (χ3v) is 3.82. The van der Waals surface area contributed by atoms with Crippen LogP contribution in [0.5, 0.6) is 5.75 Å². The van der Waals surface area contributed by atoms with E-state index in [1.807, 2.05) is 18.2 Å². The molecule has 1 atom stereocenters. The van der Waals surface area contributed by atoms with E-state index in [1.54, 1.807) is 14.2 Å². The molecule has 1 aliphatic heterocycles. The summed E-state index contributed by atoms with van der Waals surface area (Å²) in [5, 5.41) is 2.74. The van der Waals surface area contributed by atoms with Crippen LogP contribution in [0.3, 0.4) is 0 Å². The number of carbonyl (C=O) groups excluding carboxylic acids is 1. The maximum Gasteiger partial charge on any atom is 0.224 e. The van der Waals surface area contributed by atoms with Gasteiger partial charge in [-0.15, -0.1) is 0 Å². The van der Waals surface area contributed by atoms with Crippen LogP contribution < -0.4 is 15.8 Å². The molecule has 110 valence electrons. The van der Waals surface area contributed by atoms with Crippen molar-refractivity contribution in [2.75, 3.05) is 33.0 Å². The Morgan fingerprint density at radius 3 is 3.00 bits per heavy atom. The first-order chi connectivity index (χ1) is 9.63. The molecule has 1 aliphatic rings. The van der Waals surface area contributed by atoms with Crippen molar-refractivity contribution in [2.24, 2.45) is 5.92 Å². The number of carbonyl (C=O) groups is 1. The lowest BCUT2D eigenvalue weighted by atomic mass is 9.96. The zero-order valence-electron chi connectivity index (χ0n) is 12.2. The Morgan fingerprint density at radius 1 is 1.55 bits per heavy atom. The summed E-state index contributed by atoms with van der Waals surface area (Å²) in [6.45, 7) is 2.66. The molecule has 1 aromatic rings. The molecule has 1 amide bonds. The van der Waals surface area contributed by atoms with Crippen molar-refractivity contribution < 1.29 is 9.53 Å². The van der Waals surface area contributed by atoms with E-state index < -0.39 is 0 Å². The van der Waals surface area contributed by atoms with Gasteiger partial charge in [0.1, 0.15) is 5.75 Å². The average Bonchev–Trinajstić information content (AvgIpc) is 2.47. The number of methoxy groups -OCH3 is 1. The number of rotatable bonds is 4. The first kappa shape index (κ1) is 14.7. The number of likely N-dealkylation sites (tertiary alicyclic amines) is 1. The fourth-order valence-corrected chi connectivity index (χ4v) is 2.76. The van der Waals surface area contributed by atoms with Crippen LogP contribution in [0.2, 0.25) is 0 Å². The quantitative estimate of drug-likeness (QED) is 0.812. The predicted molar refractivity (Wildman–Crippen MR) is 79.5 cm³/mol. The number of hydrogen-bond donors (Lipinski definition) is 2. The van der Waals surface area contributed by atoms with Gasteiger partial charge >= 0.3 is 0 Å². The molecule has 1 heterocycles. The number of hydrogen-bond acceptors (Lipinski definition) is 4. The summed E-state index contributed by atoms with van der Waals surface area (Å²) < 4.78 is 5.16. The predicted octanol–water partition coefficient (Wildman–Crippen LogP) is 1.24. The molecule has 1 saturated heterocycles. The SMILES string of the molecule is CNC(=O)C1CCCN(Cc2ccc(OC)c(N)c2)C1. The van der Waals surface area contributed by atoms with Gasteiger partial charge in [-0.05, 0) is 37.1 Å². The van der Waals surface area contributed by atoms with Gasteiger partial charge in [-0.1, -0.05) is 6.07 Å². The largest absolute Gasteiger partial charge is 0.495 e. The Labute approximate surface area is 120 Å². The van der Waals surface area contributed by atoms with E-state index in [2.05, 4.69) is 10.2 Å². The minimum absolute atomic E-state index is 0.101. The van der Waals surface area contributed by atoms with Gasteiger partial charge in [-0.2, -0.15) is 0 Å².